The maximum absolute atomic E-state index is 11.3. The molecule has 1 heterocycles. The van der Waals surface area contributed by atoms with Crippen LogP contribution >= 0.6 is 0 Å². The third-order valence-electron chi connectivity index (χ3n) is 2.62. The van der Waals surface area contributed by atoms with Crippen molar-refractivity contribution in [3.63, 3.8) is 0 Å². The second-order valence-corrected chi connectivity index (χ2v) is 4.09. The Morgan fingerprint density at radius 2 is 1.89 bits per heavy atom. The van der Waals surface area contributed by atoms with Crippen LogP contribution in [0.15, 0.2) is 42.5 Å². The van der Waals surface area contributed by atoms with Crippen LogP contribution < -0.4 is 4.74 Å². The lowest BCUT2D eigenvalue weighted by Gasteiger charge is -2.06. The predicted molar refractivity (Wildman–Crippen MR) is 71.1 cm³/mol. The smallest absolute Gasteiger partial charge is 0.337 e. The Hall–Kier alpha value is -2.36. The summed E-state index contributed by atoms with van der Waals surface area (Å²) in [6, 6.07) is 12.7. The zero-order valence-corrected chi connectivity index (χ0v) is 10.9. The summed E-state index contributed by atoms with van der Waals surface area (Å²) in [6.45, 7) is 2.33. The number of aromatic nitrogens is 1. The molecule has 0 N–H and O–H groups in total. The van der Waals surface area contributed by atoms with Gasteiger partial charge in [0, 0.05) is 11.8 Å². The van der Waals surface area contributed by atoms with Crippen LogP contribution in [0.1, 0.15) is 21.6 Å². The monoisotopic (exact) mass is 257 g/mol. The van der Waals surface area contributed by atoms with Crippen LogP contribution in [0.2, 0.25) is 0 Å². The first-order chi connectivity index (χ1) is 9.19. The van der Waals surface area contributed by atoms with Crippen LogP contribution in [-0.4, -0.2) is 18.1 Å². The quantitative estimate of drug-likeness (QED) is 0.790. The molecule has 0 saturated carbocycles. The lowest BCUT2D eigenvalue weighted by atomic mass is 10.1. The van der Waals surface area contributed by atoms with Gasteiger partial charge in [-0.25, -0.2) is 9.78 Å². The minimum Gasteiger partial charge on any atom is -0.473 e. The number of carbonyl (C=O) groups excluding carboxylic acids is 1. The van der Waals surface area contributed by atoms with E-state index in [1.54, 1.807) is 12.1 Å². The van der Waals surface area contributed by atoms with Gasteiger partial charge in [0.25, 0.3) is 0 Å². The zero-order valence-electron chi connectivity index (χ0n) is 10.9. The Bertz CT molecular complexity index is 564. The summed E-state index contributed by atoms with van der Waals surface area (Å²) in [7, 11) is 1.36. The molecule has 0 unspecified atom stereocenters. The first kappa shape index (κ1) is 13.1. The lowest BCUT2D eigenvalue weighted by Crippen LogP contribution is -2.02. The van der Waals surface area contributed by atoms with Crippen molar-refractivity contribution in [2.24, 2.45) is 0 Å². The maximum Gasteiger partial charge on any atom is 0.337 e. The van der Waals surface area contributed by atoms with Crippen molar-refractivity contribution in [2.45, 2.75) is 13.5 Å². The van der Waals surface area contributed by atoms with Gasteiger partial charge in [0.1, 0.15) is 6.61 Å². The first-order valence-corrected chi connectivity index (χ1v) is 5.93. The lowest BCUT2D eigenvalue weighted by molar-refractivity contribution is 0.0600. The Morgan fingerprint density at radius 3 is 2.53 bits per heavy atom. The summed E-state index contributed by atoms with van der Waals surface area (Å²) in [5, 5.41) is 0. The van der Waals surface area contributed by atoms with E-state index in [1.165, 1.54) is 7.11 Å². The molecule has 0 spiro atoms. The number of hydrogen-bond acceptors (Lipinski definition) is 4. The van der Waals surface area contributed by atoms with E-state index >= 15 is 0 Å². The zero-order chi connectivity index (χ0) is 13.7. The van der Waals surface area contributed by atoms with Crippen molar-refractivity contribution in [2.75, 3.05) is 7.11 Å². The molecule has 19 heavy (non-hydrogen) atoms. The standard InChI is InChI=1S/C15H15NO3/c1-11-4-3-5-14(16-11)19-10-12-6-8-13(9-7-12)15(17)18-2/h3-9H,10H2,1-2H3. The van der Waals surface area contributed by atoms with Crippen LogP contribution in [0.4, 0.5) is 0 Å². The molecule has 1 aromatic heterocycles. The van der Waals surface area contributed by atoms with Crippen LogP contribution in [0, 0.1) is 6.92 Å². The van der Waals surface area contributed by atoms with Gasteiger partial charge < -0.3 is 9.47 Å². The topological polar surface area (TPSA) is 48.4 Å². The van der Waals surface area contributed by atoms with E-state index < -0.39 is 0 Å². The average molecular weight is 257 g/mol. The summed E-state index contributed by atoms with van der Waals surface area (Å²) in [5.41, 5.74) is 2.41. The average Bonchev–Trinajstić information content (AvgIpc) is 2.45. The van der Waals surface area contributed by atoms with Gasteiger partial charge in [0.2, 0.25) is 5.88 Å². The van der Waals surface area contributed by atoms with Gasteiger partial charge in [-0.15, -0.1) is 0 Å². The van der Waals surface area contributed by atoms with Gasteiger partial charge >= 0.3 is 5.97 Å². The molecule has 2 aromatic rings. The second kappa shape index (κ2) is 6.00. The minimum atomic E-state index is -0.340. The number of hydrogen-bond donors (Lipinski definition) is 0. The number of rotatable bonds is 4. The molecular formula is C15H15NO3. The minimum absolute atomic E-state index is 0.340. The number of ether oxygens (including phenoxy) is 2. The highest BCUT2D eigenvalue weighted by Gasteiger charge is 2.04. The van der Waals surface area contributed by atoms with Gasteiger partial charge in [-0.05, 0) is 30.7 Å². The van der Waals surface area contributed by atoms with Crippen molar-refractivity contribution >= 4 is 5.97 Å². The fourth-order valence-corrected chi connectivity index (χ4v) is 1.61. The molecule has 0 atom stereocenters. The Kier molecular flexibility index (Phi) is 4.13. The van der Waals surface area contributed by atoms with Gasteiger partial charge in [0.05, 0.1) is 12.7 Å². The highest BCUT2D eigenvalue weighted by atomic mass is 16.5. The molecular weight excluding hydrogens is 242 g/mol. The molecule has 98 valence electrons. The predicted octanol–water partition coefficient (Wildman–Crippen LogP) is 2.76. The summed E-state index contributed by atoms with van der Waals surface area (Å²) in [4.78, 5) is 15.5. The SMILES string of the molecule is COC(=O)c1ccc(COc2cccc(C)n2)cc1. The molecule has 4 nitrogen and oxygen atoms in total. The van der Waals surface area contributed by atoms with E-state index in [0.717, 1.165) is 11.3 Å². The number of methoxy groups -OCH3 is 1. The number of carbonyl (C=O) groups is 1. The molecule has 0 amide bonds. The summed E-state index contributed by atoms with van der Waals surface area (Å²) >= 11 is 0. The molecule has 0 radical (unpaired) electrons. The Balaban J connectivity index is 1.98. The van der Waals surface area contributed by atoms with Crippen molar-refractivity contribution in [3.05, 3.63) is 59.3 Å². The number of aryl methyl sites for hydroxylation is 1. The number of benzene rings is 1. The maximum atomic E-state index is 11.3. The number of esters is 1. The summed E-state index contributed by atoms with van der Waals surface area (Å²) in [6.07, 6.45) is 0. The van der Waals surface area contributed by atoms with Crippen molar-refractivity contribution in [3.8, 4) is 5.88 Å². The van der Waals surface area contributed by atoms with Crippen LogP contribution in [0.25, 0.3) is 0 Å². The molecule has 4 heteroatoms. The van der Waals surface area contributed by atoms with E-state index in [2.05, 4.69) is 9.72 Å². The molecule has 0 aliphatic carbocycles. The molecule has 0 bridgehead atoms. The molecule has 0 saturated heterocycles. The van der Waals surface area contributed by atoms with Crippen LogP contribution in [0.3, 0.4) is 0 Å². The molecule has 0 aliphatic heterocycles. The largest absolute Gasteiger partial charge is 0.473 e. The molecule has 2 rings (SSSR count). The van der Waals surface area contributed by atoms with Crippen molar-refractivity contribution < 1.29 is 14.3 Å². The summed E-state index contributed by atoms with van der Waals surface area (Å²) < 4.78 is 10.2. The van der Waals surface area contributed by atoms with Crippen molar-refractivity contribution in [1.29, 1.82) is 0 Å². The highest BCUT2D eigenvalue weighted by Crippen LogP contribution is 2.11. The summed E-state index contributed by atoms with van der Waals surface area (Å²) in [5.74, 6) is 0.255. The van der Waals surface area contributed by atoms with E-state index in [9.17, 15) is 4.79 Å². The number of nitrogens with zero attached hydrogens (tertiary/aromatic N) is 1. The molecule has 1 aromatic carbocycles. The first-order valence-electron chi connectivity index (χ1n) is 5.93. The third-order valence-corrected chi connectivity index (χ3v) is 2.62. The van der Waals surface area contributed by atoms with Crippen LogP contribution in [-0.2, 0) is 11.3 Å². The van der Waals surface area contributed by atoms with Gasteiger partial charge in [-0.2, -0.15) is 0 Å². The Morgan fingerprint density at radius 1 is 1.16 bits per heavy atom. The van der Waals surface area contributed by atoms with E-state index in [0.29, 0.717) is 18.1 Å². The van der Waals surface area contributed by atoms with Gasteiger partial charge in [-0.1, -0.05) is 18.2 Å². The molecule has 0 aliphatic rings. The van der Waals surface area contributed by atoms with Crippen molar-refractivity contribution in [1.82, 2.24) is 4.98 Å². The fourth-order valence-electron chi connectivity index (χ4n) is 1.61. The third kappa shape index (κ3) is 3.55. The second-order valence-electron chi connectivity index (χ2n) is 4.09. The highest BCUT2D eigenvalue weighted by molar-refractivity contribution is 5.89. The van der Waals surface area contributed by atoms with Crippen LogP contribution in [0.5, 0.6) is 5.88 Å². The number of pyridine rings is 1. The van der Waals surface area contributed by atoms with E-state index in [-0.39, 0.29) is 5.97 Å². The van der Waals surface area contributed by atoms with Gasteiger partial charge in [0.15, 0.2) is 0 Å². The fraction of sp³-hybridized carbons (Fsp3) is 0.200. The molecule has 0 fully saturated rings. The Labute approximate surface area is 112 Å². The van der Waals surface area contributed by atoms with Gasteiger partial charge in [-0.3, -0.25) is 0 Å². The van der Waals surface area contributed by atoms with E-state index in [1.807, 2.05) is 37.3 Å². The van der Waals surface area contributed by atoms with E-state index in [4.69, 9.17) is 4.74 Å². The normalized spacial score (nSPS) is 10.0.